The van der Waals surface area contributed by atoms with Gasteiger partial charge in [0.25, 0.3) is 0 Å². The summed E-state index contributed by atoms with van der Waals surface area (Å²) in [5.41, 5.74) is 3.17. The van der Waals surface area contributed by atoms with Crippen molar-refractivity contribution in [3.05, 3.63) is 34.9 Å². The van der Waals surface area contributed by atoms with Crippen LogP contribution in [0.4, 0.5) is 0 Å². The lowest BCUT2D eigenvalue weighted by Gasteiger charge is -2.08. The van der Waals surface area contributed by atoms with Gasteiger partial charge in [0.2, 0.25) is 0 Å². The van der Waals surface area contributed by atoms with Crippen molar-refractivity contribution in [1.82, 2.24) is 0 Å². The number of ether oxygens (including phenoxy) is 1. The number of Topliss-reactive ketones (excluding diaryl/α,β-unsaturated/α-hetero) is 1. The normalized spacial score (nSPS) is 20.0. The van der Waals surface area contributed by atoms with E-state index in [2.05, 4.69) is 6.07 Å². The molecule has 1 aromatic carbocycles. The minimum atomic E-state index is 0.252. The fourth-order valence-corrected chi connectivity index (χ4v) is 2.26. The lowest BCUT2D eigenvalue weighted by molar-refractivity contribution is 0.0952. The maximum Gasteiger partial charge on any atom is 0.163 e. The van der Waals surface area contributed by atoms with Crippen molar-refractivity contribution >= 4 is 5.78 Å². The standard InChI is InChI=1S/C14H18O2/c1-10-5-11(2)7-13(6-10)14(15)8-12-3-4-16-9-12/h5-7,12H,3-4,8-9H2,1-2H3. The lowest BCUT2D eigenvalue weighted by atomic mass is 9.96. The monoisotopic (exact) mass is 218 g/mol. The molecule has 1 atom stereocenters. The predicted octanol–water partition coefficient (Wildman–Crippen LogP) is 2.91. The maximum atomic E-state index is 12.0. The van der Waals surface area contributed by atoms with Gasteiger partial charge in [-0.2, -0.15) is 0 Å². The lowest BCUT2D eigenvalue weighted by Crippen LogP contribution is -2.09. The molecule has 2 nitrogen and oxygen atoms in total. The summed E-state index contributed by atoms with van der Waals surface area (Å²) in [6, 6.07) is 6.05. The van der Waals surface area contributed by atoms with Gasteiger partial charge in [0.1, 0.15) is 0 Å². The Morgan fingerprint density at radius 1 is 1.31 bits per heavy atom. The summed E-state index contributed by atoms with van der Waals surface area (Å²) in [6.45, 7) is 5.62. The van der Waals surface area contributed by atoms with Gasteiger partial charge < -0.3 is 4.74 Å². The second-order valence-corrected chi connectivity index (χ2v) is 4.73. The van der Waals surface area contributed by atoms with Crippen LogP contribution in [0.1, 0.15) is 34.3 Å². The molecule has 0 spiro atoms. The second kappa shape index (κ2) is 4.79. The summed E-state index contributed by atoms with van der Waals surface area (Å²) in [5, 5.41) is 0. The highest BCUT2D eigenvalue weighted by Gasteiger charge is 2.20. The van der Waals surface area contributed by atoms with Gasteiger partial charge in [0, 0.05) is 25.2 Å². The first kappa shape index (κ1) is 11.3. The highest BCUT2D eigenvalue weighted by molar-refractivity contribution is 5.96. The predicted molar refractivity (Wildman–Crippen MR) is 63.8 cm³/mol. The van der Waals surface area contributed by atoms with E-state index in [1.54, 1.807) is 0 Å². The van der Waals surface area contributed by atoms with Crippen LogP contribution < -0.4 is 0 Å². The average Bonchev–Trinajstić information content (AvgIpc) is 2.68. The molecule has 16 heavy (non-hydrogen) atoms. The molecule has 1 aliphatic rings. The van der Waals surface area contributed by atoms with Crippen LogP contribution in [0.2, 0.25) is 0 Å². The molecule has 0 aromatic heterocycles. The van der Waals surface area contributed by atoms with E-state index in [0.29, 0.717) is 12.3 Å². The van der Waals surface area contributed by atoms with Crippen molar-refractivity contribution in [1.29, 1.82) is 0 Å². The number of ketones is 1. The summed E-state index contributed by atoms with van der Waals surface area (Å²) in [7, 11) is 0. The smallest absolute Gasteiger partial charge is 0.163 e. The van der Waals surface area contributed by atoms with E-state index < -0.39 is 0 Å². The maximum absolute atomic E-state index is 12.0. The molecule has 2 heteroatoms. The molecule has 86 valence electrons. The van der Waals surface area contributed by atoms with E-state index in [9.17, 15) is 4.79 Å². The molecule has 0 radical (unpaired) electrons. The van der Waals surface area contributed by atoms with E-state index >= 15 is 0 Å². The zero-order valence-electron chi connectivity index (χ0n) is 9.95. The molecule has 0 saturated carbocycles. The van der Waals surface area contributed by atoms with Crippen LogP contribution in [0.5, 0.6) is 0 Å². The van der Waals surface area contributed by atoms with Crippen LogP contribution in [0, 0.1) is 19.8 Å². The average molecular weight is 218 g/mol. The van der Waals surface area contributed by atoms with Crippen LogP contribution in [0.15, 0.2) is 18.2 Å². The number of carbonyl (C=O) groups is 1. The van der Waals surface area contributed by atoms with Crippen LogP contribution in [0.3, 0.4) is 0 Å². The number of hydrogen-bond donors (Lipinski definition) is 0. The molecular weight excluding hydrogens is 200 g/mol. The SMILES string of the molecule is Cc1cc(C)cc(C(=O)CC2CCOC2)c1. The Kier molecular flexibility index (Phi) is 3.39. The third-order valence-corrected chi connectivity index (χ3v) is 3.04. The van der Waals surface area contributed by atoms with Gasteiger partial charge in [0.15, 0.2) is 5.78 Å². The van der Waals surface area contributed by atoms with E-state index in [0.717, 1.165) is 36.3 Å². The van der Waals surface area contributed by atoms with Crippen molar-refractivity contribution in [2.24, 2.45) is 5.92 Å². The molecule has 1 unspecified atom stereocenters. The molecular formula is C14H18O2. The Bertz CT molecular complexity index is 369. The Hall–Kier alpha value is -1.15. The highest BCUT2D eigenvalue weighted by atomic mass is 16.5. The van der Waals surface area contributed by atoms with Gasteiger partial charge in [0.05, 0.1) is 0 Å². The van der Waals surface area contributed by atoms with E-state index in [-0.39, 0.29) is 5.78 Å². The second-order valence-electron chi connectivity index (χ2n) is 4.73. The number of hydrogen-bond acceptors (Lipinski definition) is 2. The first-order valence-corrected chi connectivity index (χ1v) is 5.84. The van der Waals surface area contributed by atoms with Crippen LogP contribution >= 0.6 is 0 Å². The Labute approximate surface area is 96.6 Å². The molecule has 0 amide bonds. The number of aryl methyl sites for hydroxylation is 2. The highest BCUT2D eigenvalue weighted by Crippen LogP contribution is 2.20. The molecule has 1 fully saturated rings. The van der Waals surface area contributed by atoms with Crippen LogP contribution in [0.25, 0.3) is 0 Å². The van der Waals surface area contributed by atoms with E-state index in [4.69, 9.17) is 4.74 Å². The third-order valence-electron chi connectivity index (χ3n) is 3.04. The largest absolute Gasteiger partial charge is 0.381 e. The fourth-order valence-electron chi connectivity index (χ4n) is 2.26. The van der Waals surface area contributed by atoms with Crippen molar-refractivity contribution < 1.29 is 9.53 Å². The Morgan fingerprint density at radius 2 is 2.00 bits per heavy atom. The van der Waals surface area contributed by atoms with E-state index in [1.807, 2.05) is 26.0 Å². The summed E-state index contributed by atoms with van der Waals surface area (Å²) in [5.74, 6) is 0.676. The summed E-state index contributed by atoms with van der Waals surface area (Å²) in [4.78, 5) is 12.0. The molecule has 1 saturated heterocycles. The minimum Gasteiger partial charge on any atom is -0.381 e. The Balaban J connectivity index is 2.07. The van der Waals surface area contributed by atoms with Crippen molar-refractivity contribution in [3.63, 3.8) is 0 Å². The quantitative estimate of drug-likeness (QED) is 0.729. The third kappa shape index (κ3) is 2.70. The summed E-state index contributed by atoms with van der Waals surface area (Å²) in [6.07, 6.45) is 1.65. The van der Waals surface area contributed by atoms with Gasteiger partial charge in [-0.05, 0) is 38.3 Å². The minimum absolute atomic E-state index is 0.252. The number of benzene rings is 1. The fraction of sp³-hybridized carbons (Fsp3) is 0.500. The molecule has 1 aromatic rings. The van der Waals surface area contributed by atoms with Gasteiger partial charge >= 0.3 is 0 Å². The van der Waals surface area contributed by atoms with Gasteiger partial charge in [-0.25, -0.2) is 0 Å². The Morgan fingerprint density at radius 3 is 2.56 bits per heavy atom. The first-order chi connectivity index (χ1) is 7.65. The van der Waals surface area contributed by atoms with Gasteiger partial charge in [-0.1, -0.05) is 17.2 Å². The van der Waals surface area contributed by atoms with Crippen LogP contribution in [-0.2, 0) is 4.74 Å². The van der Waals surface area contributed by atoms with Crippen molar-refractivity contribution in [2.45, 2.75) is 26.7 Å². The zero-order chi connectivity index (χ0) is 11.5. The van der Waals surface area contributed by atoms with E-state index in [1.165, 1.54) is 0 Å². The molecule has 1 aliphatic heterocycles. The number of carbonyl (C=O) groups excluding carboxylic acids is 1. The molecule has 0 bridgehead atoms. The molecule has 2 rings (SSSR count). The summed E-state index contributed by atoms with van der Waals surface area (Å²) >= 11 is 0. The zero-order valence-corrected chi connectivity index (χ0v) is 9.95. The molecule has 0 aliphatic carbocycles. The van der Waals surface area contributed by atoms with Gasteiger partial charge in [-0.3, -0.25) is 4.79 Å². The summed E-state index contributed by atoms with van der Waals surface area (Å²) < 4.78 is 5.29. The van der Waals surface area contributed by atoms with Crippen molar-refractivity contribution in [2.75, 3.05) is 13.2 Å². The number of rotatable bonds is 3. The van der Waals surface area contributed by atoms with Crippen LogP contribution in [-0.4, -0.2) is 19.0 Å². The molecule has 1 heterocycles. The first-order valence-electron chi connectivity index (χ1n) is 5.84. The molecule has 0 N–H and O–H groups in total. The van der Waals surface area contributed by atoms with Gasteiger partial charge in [-0.15, -0.1) is 0 Å². The van der Waals surface area contributed by atoms with Crippen molar-refractivity contribution in [3.8, 4) is 0 Å². The topological polar surface area (TPSA) is 26.3 Å².